The van der Waals surface area contributed by atoms with E-state index in [0.717, 1.165) is 70.7 Å². The van der Waals surface area contributed by atoms with Crippen LogP contribution in [0.4, 0.5) is 0 Å². The number of methoxy groups -OCH3 is 2. The molecule has 2 N–H and O–H groups in total. The number of hydrogen-bond acceptors (Lipinski definition) is 5. The number of nitrogens with one attached hydrogen (secondary N) is 2. The van der Waals surface area contributed by atoms with Gasteiger partial charge in [0.15, 0.2) is 0 Å². The third-order valence-electron chi connectivity index (χ3n) is 6.04. The Morgan fingerprint density at radius 3 is 2.44 bits per heavy atom. The number of hydrogen-bond donors (Lipinski definition) is 2. The molecule has 0 bridgehead atoms. The molecule has 2 saturated heterocycles. The average Bonchev–Trinajstić information content (AvgIpc) is 2.74. The Morgan fingerprint density at radius 2 is 1.85 bits per heavy atom. The van der Waals surface area contributed by atoms with Crippen LogP contribution in [0.2, 0.25) is 0 Å². The van der Waals surface area contributed by atoms with Crippen molar-refractivity contribution in [3.63, 3.8) is 0 Å². The van der Waals surface area contributed by atoms with Crippen molar-refractivity contribution in [3.05, 3.63) is 29.8 Å². The summed E-state index contributed by atoms with van der Waals surface area (Å²) in [6.45, 7) is 5.56. The van der Waals surface area contributed by atoms with Gasteiger partial charge in [-0.15, -0.1) is 0 Å². The number of carbonyl (C=O) groups excluding carboxylic acids is 1. The van der Waals surface area contributed by atoms with Crippen LogP contribution < -0.4 is 15.4 Å². The molecule has 1 aromatic rings. The van der Waals surface area contributed by atoms with Crippen molar-refractivity contribution in [2.24, 2.45) is 5.92 Å². The number of rotatable bonds is 7. The van der Waals surface area contributed by atoms with E-state index in [0.29, 0.717) is 5.92 Å². The van der Waals surface area contributed by atoms with Crippen LogP contribution >= 0.6 is 0 Å². The van der Waals surface area contributed by atoms with Crippen molar-refractivity contribution in [1.82, 2.24) is 15.5 Å². The van der Waals surface area contributed by atoms with Gasteiger partial charge in [0.1, 0.15) is 11.4 Å². The van der Waals surface area contributed by atoms with E-state index in [1.807, 2.05) is 12.1 Å². The molecular formula is C21H33N3O3. The number of piperidine rings is 2. The highest BCUT2D eigenvalue weighted by Gasteiger charge is 2.39. The third-order valence-corrected chi connectivity index (χ3v) is 6.04. The standard InChI is InChI=1S/C21H33N3O3/c1-26-19-5-3-18(4-6-19)16-24-13-7-17(8-14-24)15-23-20(25)21(27-2)9-11-22-12-10-21/h3-6,17,22H,7-16H2,1-2H3,(H,23,25). The quantitative estimate of drug-likeness (QED) is 0.761. The van der Waals surface area contributed by atoms with Crippen LogP contribution in [-0.4, -0.2) is 63.4 Å². The predicted molar refractivity (Wildman–Crippen MR) is 106 cm³/mol. The molecule has 0 spiro atoms. The maximum atomic E-state index is 12.7. The summed E-state index contributed by atoms with van der Waals surface area (Å²) in [6, 6.07) is 8.30. The summed E-state index contributed by atoms with van der Waals surface area (Å²) in [5.74, 6) is 1.51. The van der Waals surface area contributed by atoms with Crippen LogP contribution in [0, 0.1) is 5.92 Å². The molecular weight excluding hydrogens is 342 g/mol. The number of benzene rings is 1. The van der Waals surface area contributed by atoms with Gasteiger partial charge in [0.05, 0.1) is 7.11 Å². The zero-order valence-electron chi connectivity index (χ0n) is 16.6. The van der Waals surface area contributed by atoms with Crippen molar-refractivity contribution in [3.8, 4) is 5.75 Å². The second kappa shape index (κ2) is 9.53. The van der Waals surface area contributed by atoms with Crippen LogP contribution in [-0.2, 0) is 16.1 Å². The molecule has 0 saturated carbocycles. The van der Waals surface area contributed by atoms with E-state index in [4.69, 9.17) is 9.47 Å². The van der Waals surface area contributed by atoms with Crippen LogP contribution in [0.1, 0.15) is 31.2 Å². The Kier molecular flexibility index (Phi) is 7.10. The number of nitrogens with zero attached hydrogens (tertiary/aromatic N) is 1. The Bertz CT molecular complexity index is 591. The van der Waals surface area contributed by atoms with Gasteiger partial charge >= 0.3 is 0 Å². The summed E-state index contributed by atoms with van der Waals surface area (Å²) >= 11 is 0. The predicted octanol–water partition coefficient (Wildman–Crippen LogP) is 1.79. The summed E-state index contributed by atoms with van der Waals surface area (Å²) < 4.78 is 10.8. The fourth-order valence-corrected chi connectivity index (χ4v) is 4.09. The first-order valence-electron chi connectivity index (χ1n) is 10.0. The smallest absolute Gasteiger partial charge is 0.252 e. The lowest BCUT2D eigenvalue weighted by molar-refractivity contribution is -0.147. The monoisotopic (exact) mass is 375 g/mol. The van der Waals surface area contributed by atoms with Gasteiger partial charge in [-0.3, -0.25) is 9.69 Å². The molecule has 0 radical (unpaired) electrons. The van der Waals surface area contributed by atoms with E-state index in [1.54, 1.807) is 14.2 Å². The molecule has 6 nitrogen and oxygen atoms in total. The number of amides is 1. The maximum absolute atomic E-state index is 12.7. The Labute approximate surface area is 162 Å². The number of ether oxygens (including phenoxy) is 2. The van der Waals surface area contributed by atoms with Crippen molar-refractivity contribution >= 4 is 5.91 Å². The summed E-state index contributed by atoms with van der Waals surface area (Å²) in [5, 5.41) is 6.46. The molecule has 27 heavy (non-hydrogen) atoms. The van der Waals surface area contributed by atoms with Crippen LogP contribution in [0.3, 0.4) is 0 Å². The average molecular weight is 376 g/mol. The first-order chi connectivity index (χ1) is 13.1. The molecule has 0 aromatic heterocycles. The maximum Gasteiger partial charge on any atom is 0.252 e. The molecule has 0 atom stereocenters. The van der Waals surface area contributed by atoms with E-state index in [1.165, 1.54) is 5.56 Å². The molecule has 0 aliphatic carbocycles. The second-order valence-electron chi connectivity index (χ2n) is 7.73. The van der Waals surface area contributed by atoms with E-state index in [-0.39, 0.29) is 5.91 Å². The summed E-state index contributed by atoms with van der Waals surface area (Å²) in [6.07, 6.45) is 3.74. The molecule has 0 unspecified atom stereocenters. The minimum atomic E-state index is -0.639. The zero-order chi connectivity index (χ0) is 19.1. The van der Waals surface area contributed by atoms with Gasteiger partial charge in [0, 0.05) is 20.2 Å². The van der Waals surface area contributed by atoms with Gasteiger partial charge in [-0.2, -0.15) is 0 Å². The molecule has 1 amide bonds. The molecule has 1 aromatic carbocycles. The first kappa shape index (κ1) is 20.1. The molecule has 2 aliphatic heterocycles. The van der Waals surface area contributed by atoms with E-state index >= 15 is 0 Å². The molecule has 150 valence electrons. The molecule has 2 heterocycles. The fourth-order valence-electron chi connectivity index (χ4n) is 4.09. The van der Waals surface area contributed by atoms with Gasteiger partial charge < -0.3 is 20.1 Å². The third kappa shape index (κ3) is 5.21. The van der Waals surface area contributed by atoms with Gasteiger partial charge in [-0.1, -0.05) is 12.1 Å². The minimum absolute atomic E-state index is 0.0622. The molecule has 2 aliphatic rings. The van der Waals surface area contributed by atoms with Crippen molar-refractivity contribution < 1.29 is 14.3 Å². The molecule has 3 rings (SSSR count). The normalized spacial score (nSPS) is 21.0. The summed E-state index contributed by atoms with van der Waals surface area (Å²) in [4.78, 5) is 15.2. The largest absolute Gasteiger partial charge is 0.497 e. The second-order valence-corrected chi connectivity index (χ2v) is 7.73. The lowest BCUT2D eigenvalue weighted by atomic mass is 9.90. The van der Waals surface area contributed by atoms with Crippen LogP contribution in [0.25, 0.3) is 0 Å². The van der Waals surface area contributed by atoms with Crippen molar-refractivity contribution in [2.75, 3.05) is 46.9 Å². The van der Waals surface area contributed by atoms with Gasteiger partial charge in [-0.25, -0.2) is 0 Å². The summed E-state index contributed by atoms with van der Waals surface area (Å²) in [7, 11) is 3.35. The topological polar surface area (TPSA) is 62.8 Å². The zero-order valence-corrected chi connectivity index (χ0v) is 16.6. The van der Waals surface area contributed by atoms with Crippen LogP contribution in [0.5, 0.6) is 5.75 Å². The molecule has 6 heteroatoms. The van der Waals surface area contributed by atoms with E-state index in [9.17, 15) is 4.79 Å². The minimum Gasteiger partial charge on any atom is -0.497 e. The highest BCUT2D eigenvalue weighted by molar-refractivity contribution is 5.85. The van der Waals surface area contributed by atoms with Gasteiger partial charge in [0.25, 0.3) is 5.91 Å². The lowest BCUT2D eigenvalue weighted by Crippen LogP contribution is -2.55. The van der Waals surface area contributed by atoms with Crippen LogP contribution in [0.15, 0.2) is 24.3 Å². The number of carbonyl (C=O) groups is 1. The van der Waals surface area contributed by atoms with Gasteiger partial charge in [-0.05, 0) is 75.5 Å². The van der Waals surface area contributed by atoms with Crippen molar-refractivity contribution in [2.45, 2.75) is 37.8 Å². The van der Waals surface area contributed by atoms with E-state index in [2.05, 4.69) is 27.7 Å². The van der Waals surface area contributed by atoms with E-state index < -0.39 is 5.60 Å². The van der Waals surface area contributed by atoms with Gasteiger partial charge in [0.2, 0.25) is 0 Å². The SMILES string of the molecule is COc1ccc(CN2CCC(CNC(=O)C3(OC)CCNCC3)CC2)cc1. The highest BCUT2D eigenvalue weighted by atomic mass is 16.5. The Balaban J connectivity index is 1.40. The fraction of sp³-hybridized carbons (Fsp3) is 0.667. The summed E-state index contributed by atoms with van der Waals surface area (Å²) in [5.41, 5.74) is 0.677. The molecule has 2 fully saturated rings. The Morgan fingerprint density at radius 1 is 1.19 bits per heavy atom. The lowest BCUT2D eigenvalue weighted by Gasteiger charge is -2.36. The van der Waals surface area contributed by atoms with Crippen molar-refractivity contribution in [1.29, 1.82) is 0 Å². The number of likely N-dealkylation sites (tertiary alicyclic amines) is 1. The Hall–Kier alpha value is -1.63. The first-order valence-corrected chi connectivity index (χ1v) is 10.0. The highest BCUT2D eigenvalue weighted by Crippen LogP contribution is 2.24.